The molecule has 0 heterocycles. The van der Waals surface area contributed by atoms with Crippen LogP contribution in [0.25, 0.3) is 0 Å². The predicted molar refractivity (Wildman–Crippen MR) is 129 cm³/mol. The van der Waals surface area contributed by atoms with E-state index in [4.69, 9.17) is 0 Å². The number of rotatable bonds is 10. The molecule has 0 saturated heterocycles. The Morgan fingerprint density at radius 1 is 0.690 bits per heavy atom. The number of hydrogen-bond donors (Lipinski definition) is 0. The van der Waals surface area contributed by atoms with Crippen LogP contribution >= 0.6 is 0 Å². The van der Waals surface area contributed by atoms with Crippen LogP contribution in [-0.4, -0.2) is 0 Å². The fourth-order valence-electron chi connectivity index (χ4n) is 6.42. The maximum atomic E-state index is 2.49. The van der Waals surface area contributed by atoms with E-state index in [1.165, 1.54) is 96.3 Å². The van der Waals surface area contributed by atoms with E-state index in [2.05, 4.69) is 45.0 Å². The Hall–Kier alpha value is -0.780. The molecule has 0 radical (unpaired) electrons. The standard InChI is InChI=1S/C29H48/c1-4-7-9-23(6-3)22-25-12-16-27(17-13-25)29-20-18-28(19-21-29)26-14-10-24(8-5-2)11-15-26/h18-21,23-27H,4-17,22H2,1-3H3. The Bertz CT molecular complexity index is 540. The van der Waals surface area contributed by atoms with Gasteiger partial charge in [0, 0.05) is 0 Å². The third kappa shape index (κ3) is 6.86. The van der Waals surface area contributed by atoms with Crippen molar-refractivity contribution in [2.75, 3.05) is 0 Å². The van der Waals surface area contributed by atoms with Crippen molar-refractivity contribution in [2.45, 2.75) is 129 Å². The smallest absolute Gasteiger partial charge is 0.0162 e. The highest BCUT2D eigenvalue weighted by molar-refractivity contribution is 5.28. The molecular formula is C29H48. The molecule has 29 heavy (non-hydrogen) atoms. The maximum absolute atomic E-state index is 2.49. The average molecular weight is 397 g/mol. The van der Waals surface area contributed by atoms with Gasteiger partial charge in [0.15, 0.2) is 0 Å². The van der Waals surface area contributed by atoms with Crippen molar-refractivity contribution < 1.29 is 0 Å². The zero-order valence-corrected chi connectivity index (χ0v) is 19.8. The van der Waals surface area contributed by atoms with Gasteiger partial charge >= 0.3 is 0 Å². The van der Waals surface area contributed by atoms with Crippen molar-refractivity contribution in [1.29, 1.82) is 0 Å². The van der Waals surface area contributed by atoms with E-state index in [0.717, 1.165) is 29.6 Å². The van der Waals surface area contributed by atoms with Crippen LogP contribution in [0, 0.1) is 17.8 Å². The van der Waals surface area contributed by atoms with E-state index >= 15 is 0 Å². The minimum absolute atomic E-state index is 0.830. The van der Waals surface area contributed by atoms with Crippen LogP contribution in [-0.2, 0) is 0 Å². The molecule has 2 saturated carbocycles. The summed E-state index contributed by atoms with van der Waals surface area (Å²) in [5.41, 5.74) is 3.25. The molecule has 164 valence electrons. The second kappa shape index (κ2) is 12.2. The van der Waals surface area contributed by atoms with Gasteiger partial charge in [0.05, 0.1) is 0 Å². The van der Waals surface area contributed by atoms with Crippen molar-refractivity contribution in [3.63, 3.8) is 0 Å². The monoisotopic (exact) mass is 396 g/mol. The summed E-state index contributed by atoms with van der Waals surface area (Å²) in [6.07, 6.45) is 21.5. The van der Waals surface area contributed by atoms with E-state index in [9.17, 15) is 0 Å². The lowest BCUT2D eigenvalue weighted by Crippen LogP contribution is -2.17. The first-order valence-corrected chi connectivity index (χ1v) is 13.3. The highest BCUT2D eigenvalue weighted by atomic mass is 14.3. The molecule has 2 fully saturated rings. The molecule has 0 amide bonds. The first-order chi connectivity index (χ1) is 14.2. The first kappa shape index (κ1) is 22.9. The Kier molecular flexibility index (Phi) is 9.60. The molecule has 1 aromatic carbocycles. The van der Waals surface area contributed by atoms with Crippen LogP contribution in [0.2, 0.25) is 0 Å². The summed E-state index contributed by atoms with van der Waals surface area (Å²) in [5, 5.41) is 0. The largest absolute Gasteiger partial charge is 0.0654 e. The molecule has 0 heteroatoms. The number of unbranched alkanes of at least 4 members (excludes halogenated alkanes) is 1. The molecule has 1 atom stereocenters. The second-order valence-corrected chi connectivity index (χ2v) is 10.5. The van der Waals surface area contributed by atoms with Crippen molar-refractivity contribution in [3.8, 4) is 0 Å². The minimum atomic E-state index is 0.830. The quantitative estimate of drug-likeness (QED) is 0.369. The molecule has 1 unspecified atom stereocenters. The van der Waals surface area contributed by atoms with Gasteiger partial charge in [0.2, 0.25) is 0 Å². The van der Waals surface area contributed by atoms with Crippen LogP contribution in [0.5, 0.6) is 0 Å². The summed E-state index contributed by atoms with van der Waals surface area (Å²) in [5.74, 6) is 4.67. The lowest BCUT2D eigenvalue weighted by Gasteiger charge is -2.32. The minimum Gasteiger partial charge on any atom is -0.0654 e. The second-order valence-electron chi connectivity index (χ2n) is 10.5. The Morgan fingerprint density at radius 2 is 1.21 bits per heavy atom. The van der Waals surface area contributed by atoms with Crippen LogP contribution in [0.1, 0.15) is 140 Å². The molecule has 0 spiro atoms. The van der Waals surface area contributed by atoms with E-state index in [-0.39, 0.29) is 0 Å². The average Bonchev–Trinajstić information content (AvgIpc) is 2.78. The van der Waals surface area contributed by atoms with Gasteiger partial charge in [-0.15, -0.1) is 0 Å². The van der Waals surface area contributed by atoms with Gasteiger partial charge in [-0.05, 0) is 98.5 Å². The van der Waals surface area contributed by atoms with Crippen LogP contribution < -0.4 is 0 Å². The lowest BCUT2D eigenvalue weighted by atomic mass is 9.74. The molecule has 2 aliphatic rings. The van der Waals surface area contributed by atoms with E-state index < -0.39 is 0 Å². The zero-order valence-electron chi connectivity index (χ0n) is 19.8. The Labute approximate surface area is 182 Å². The van der Waals surface area contributed by atoms with Crippen molar-refractivity contribution >= 4 is 0 Å². The molecule has 0 aliphatic heterocycles. The number of benzene rings is 1. The Balaban J connectivity index is 1.44. The van der Waals surface area contributed by atoms with Gasteiger partial charge in [-0.3, -0.25) is 0 Å². The van der Waals surface area contributed by atoms with Gasteiger partial charge in [-0.2, -0.15) is 0 Å². The predicted octanol–water partition coefficient (Wildman–Crippen LogP) is 9.64. The third-order valence-electron chi connectivity index (χ3n) is 8.48. The molecular weight excluding hydrogens is 348 g/mol. The molecule has 0 N–H and O–H groups in total. The van der Waals surface area contributed by atoms with Crippen LogP contribution in [0.4, 0.5) is 0 Å². The van der Waals surface area contributed by atoms with E-state index in [0.29, 0.717) is 0 Å². The van der Waals surface area contributed by atoms with Crippen LogP contribution in [0.3, 0.4) is 0 Å². The van der Waals surface area contributed by atoms with Gasteiger partial charge in [-0.1, -0.05) is 83.6 Å². The Morgan fingerprint density at radius 3 is 1.66 bits per heavy atom. The van der Waals surface area contributed by atoms with Crippen molar-refractivity contribution in [3.05, 3.63) is 35.4 Å². The maximum Gasteiger partial charge on any atom is -0.0162 e. The van der Waals surface area contributed by atoms with Crippen molar-refractivity contribution in [1.82, 2.24) is 0 Å². The van der Waals surface area contributed by atoms with Crippen molar-refractivity contribution in [2.24, 2.45) is 17.8 Å². The first-order valence-electron chi connectivity index (χ1n) is 13.3. The summed E-state index contributed by atoms with van der Waals surface area (Å²) in [4.78, 5) is 0. The van der Waals surface area contributed by atoms with Gasteiger partial charge in [-0.25, -0.2) is 0 Å². The molecule has 1 aromatic rings. The fraction of sp³-hybridized carbons (Fsp3) is 0.793. The van der Waals surface area contributed by atoms with Gasteiger partial charge in [0.1, 0.15) is 0 Å². The summed E-state index contributed by atoms with van der Waals surface area (Å²) in [6.45, 7) is 7.08. The highest BCUT2D eigenvalue weighted by Crippen LogP contribution is 2.41. The topological polar surface area (TPSA) is 0 Å². The summed E-state index contributed by atoms with van der Waals surface area (Å²) < 4.78 is 0. The molecule has 2 aliphatic carbocycles. The SMILES string of the molecule is CCCCC(CC)CC1CCC(c2ccc(C3CCC(CCC)CC3)cc2)CC1. The molecule has 0 bridgehead atoms. The van der Waals surface area contributed by atoms with Gasteiger partial charge < -0.3 is 0 Å². The zero-order chi connectivity index (χ0) is 20.5. The number of hydrogen-bond acceptors (Lipinski definition) is 0. The van der Waals surface area contributed by atoms with Crippen LogP contribution in [0.15, 0.2) is 24.3 Å². The lowest BCUT2D eigenvalue weighted by molar-refractivity contribution is 0.255. The third-order valence-corrected chi connectivity index (χ3v) is 8.48. The summed E-state index contributed by atoms with van der Waals surface area (Å²) in [6, 6.07) is 9.97. The van der Waals surface area contributed by atoms with E-state index in [1.807, 2.05) is 0 Å². The fourth-order valence-corrected chi connectivity index (χ4v) is 6.42. The summed E-state index contributed by atoms with van der Waals surface area (Å²) in [7, 11) is 0. The molecule has 0 nitrogen and oxygen atoms in total. The summed E-state index contributed by atoms with van der Waals surface area (Å²) >= 11 is 0. The highest BCUT2D eigenvalue weighted by Gasteiger charge is 2.25. The normalized spacial score (nSPS) is 28.9. The molecule has 3 rings (SSSR count). The van der Waals surface area contributed by atoms with E-state index in [1.54, 1.807) is 11.1 Å². The van der Waals surface area contributed by atoms with Gasteiger partial charge in [0.25, 0.3) is 0 Å². The molecule has 0 aromatic heterocycles.